The zero-order valence-corrected chi connectivity index (χ0v) is 18.1. The number of piperazine rings is 1. The fourth-order valence-corrected chi connectivity index (χ4v) is 4.49. The molecule has 0 aromatic heterocycles. The Hall–Kier alpha value is -3.51. The van der Waals surface area contributed by atoms with Gasteiger partial charge in [0.25, 0.3) is 0 Å². The van der Waals surface area contributed by atoms with E-state index in [0.717, 1.165) is 83.8 Å². The van der Waals surface area contributed by atoms with E-state index in [4.69, 9.17) is 19.2 Å². The van der Waals surface area contributed by atoms with Crippen molar-refractivity contribution in [2.24, 2.45) is 4.99 Å². The summed E-state index contributed by atoms with van der Waals surface area (Å²) >= 11 is 0. The molecule has 6 rings (SSSR count). The highest BCUT2D eigenvalue weighted by molar-refractivity contribution is 6.04. The predicted molar refractivity (Wildman–Crippen MR) is 124 cm³/mol. The molecule has 0 atom stereocenters. The van der Waals surface area contributed by atoms with Gasteiger partial charge in [0.15, 0.2) is 17.2 Å². The number of aliphatic imine (C=N–C) groups is 1. The second-order valence-corrected chi connectivity index (χ2v) is 8.40. The molecule has 0 amide bonds. The first kappa shape index (κ1) is 19.2. The summed E-state index contributed by atoms with van der Waals surface area (Å²) < 4.78 is 17.6. The molecular formula is C26H25N3O3. The van der Waals surface area contributed by atoms with Gasteiger partial charge < -0.3 is 24.4 Å². The number of fused-ring (bicyclic) bond motifs is 3. The lowest BCUT2D eigenvalue weighted by atomic mass is 10.00. The number of para-hydroxylation sites is 1. The lowest BCUT2D eigenvalue weighted by molar-refractivity contribution is 0.174. The molecule has 1 N–H and O–H groups in total. The van der Waals surface area contributed by atoms with E-state index in [1.165, 1.54) is 5.56 Å². The average Bonchev–Trinajstić information content (AvgIpc) is 3.21. The van der Waals surface area contributed by atoms with Crippen LogP contribution in [-0.2, 0) is 6.42 Å². The number of nitrogens with zero attached hydrogens (tertiary/aromatic N) is 2. The first-order valence-corrected chi connectivity index (χ1v) is 11.1. The van der Waals surface area contributed by atoms with Crippen LogP contribution in [-0.4, -0.2) is 43.7 Å². The molecule has 0 saturated carbocycles. The third-order valence-corrected chi connectivity index (χ3v) is 6.14. The van der Waals surface area contributed by atoms with E-state index in [1.54, 1.807) is 0 Å². The summed E-state index contributed by atoms with van der Waals surface area (Å²) in [5, 5.41) is 3.44. The van der Waals surface area contributed by atoms with Crippen molar-refractivity contribution in [3.8, 4) is 23.0 Å². The van der Waals surface area contributed by atoms with Gasteiger partial charge in [-0.25, -0.2) is 4.99 Å². The third-order valence-electron chi connectivity index (χ3n) is 6.14. The number of hydrogen-bond donors (Lipinski definition) is 1. The Balaban J connectivity index is 1.45. The van der Waals surface area contributed by atoms with Crippen molar-refractivity contribution < 1.29 is 14.2 Å². The van der Waals surface area contributed by atoms with Gasteiger partial charge in [-0.2, -0.15) is 0 Å². The van der Waals surface area contributed by atoms with Crippen molar-refractivity contribution in [1.82, 2.24) is 10.2 Å². The predicted octanol–water partition coefficient (Wildman–Crippen LogP) is 4.40. The van der Waals surface area contributed by atoms with Gasteiger partial charge in [-0.05, 0) is 53.9 Å². The monoisotopic (exact) mass is 427 g/mol. The molecule has 32 heavy (non-hydrogen) atoms. The van der Waals surface area contributed by atoms with Crippen LogP contribution in [0.2, 0.25) is 0 Å². The van der Waals surface area contributed by atoms with Gasteiger partial charge in [0.05, 0.1) is 5.56 Å². The van der Waals surface area contributed by atoms with Crippen molar-refractivity contribution in [2.45, 2.75) is 13.3 Å². The fourth-order valence-electron chi connectivity index (χ4n) is 4.49. The van der Waals surface area contributed by atoms with E-state index < -0.39 is 0 Å². The first-order chi connectivity index (χ1) is 15.7. The van der Waals surface area contributed by atoms with Crippen molar-refractivity contribution in [2.75, 3.05) is 33.0 Å². The molecule has 3 aliphatic heterocycles. The quantitative estimate of drug-likeness (QED) is 0.657. The van der Waals surface area contributed by atoms with Gasteiger partial charge in [0.2, 0.25) is 6.79 Å². The minimum Gasteiger partial charge on any atom is -0.454 e. The number of hydrogen-bond acceptors (Lipinski definition) is 6. The van der Waals surface area contributed by atoms with Gasteiger partial charge in [0, 0.05) is 32.6 Å². The van der Waals surface area contributed by atoms with Gasteiger partial charge in [-0.15, -0.1) is 0 Å². The standard InChI is InChI=1S/C26H25N3O3/c1-17-5-7-22-21(13-17)28-26(29-11-9-27-10-12-29)20-4-2-3-19(25(20)32-22)14-18-6-8-23-24(15-18)31-16-30-23/h2-8,13,15,27H,9-12,14,16H2,1H3. The molecule has 0 bridgehead atoms. The van der Waals surface area contributed by atoms with E-state index in [0.29, 0.717) is 0 Å². The summed E-state index contributed by atoms with van der Waals surface area (Å²) in [5.41, 5.74) is 5.36. The van der Waals surface area contributed by atoms with Crippen LogP contribution >= 0.6 is 0 Å². The van der Waals surface area contributed by atoms with Gasteiger partial charge in [0.1, 0.15) is 17.3 Å². The second-order valence-electron chi connectivity index (χ2n) is 8.40. The topological polar surface area (TPSA) is 55.3 Å². The van der Waals surface area contributed by atoms with Crippen LogP contribution in [0, 0.1) is 6.92 Å². The van der Waals surface area contributed by atoms with Crippen LogP contribution in [0.3, 0.4) is 0 Å². The van der Waals surface area contributed by atoms with Gasteiger partial charge >= 0.3 is 0 Å². The molecule has 3 aromatic carbocycles. The van der Waals surface area contributed by atoms with Crippen molar-refractivity contribution in [3.63, 3.8) is 0 Å². The minimum atomic E-state index is 0.281. The number of benzene rings is 3. The number of ether oxygens (including phenoxy) is 3. The molecule has 3 heterocycles. The lowest BCUT2D eigenvalue weighted by Gasteiger charge is -2.30. The largest absolute Gasteiger partial charge is 0.454 e. The molecule has 6 heteroatoms. The van der Waals surface area contributed by atoms with Crippen LogP contribution in [0.4, 0.5) is 5.69 Å². The average molecular weight is 428 g/mol. The van der Waals surface area contributed by atoms with Gasteiger partial charge in [-0.1, -0.05) is 24.3 Å². The Morgan fingerprint density at radius 2 is 1.78 bits per heavy atom. The summed E-state index contributed by atoms with van der Waals surface area (Å²) in [6, 6.07) is 18.7. The zero-order valence-electron chi connectivity index (χ0n) is 18.1. The van der Waals surface area contributed by atoms with Crippen LogP contribution in [0.15, 0.2) is 59.6 Å². The Kier molecular flexibility index (Phi) is 4.72. The van der Waals surface area contributed by atoms with Crippen LogP contribution < -0.4 is 19.5 Å². The van der Waals surface area contributed by atoms with Gasteiger partial charge in [-0.3, -0.25) is 0 Å². The highest BCUT2D eigenvalue weighted by atomic mass is 16.7. The summed E-state index contributed by atoms with van der Waals surface area (Å²) in [4.78, 5) is 7.48. The van der Waals surface area contributed by atoms with E-state index in [-0.39, 0.29) is 6.79 Å². The molecule has 0 radical (unpaired) electrons. The molecule has 6 nitrogen and oxygen atoms in total. The lowest BCUT2D eigenvalue weighted by Crippen LogP contribution is -2.46. The minimum absolute atomic E-state index is 0.281. The normalized spacial score (nSPS) is 16.5. The van der Waals surface area contributed by atoms with Crippen molar-refractivity contribution >= 4 is 11.5 Å². The van der Waals surface area contributed by atoms with Crippen LogP contribution in [0.1, 0.15) is 22.3 Å². The fraction of sp³-hybridized carbons (Fsp3) is 0.269. The summed E-state index contributed by atoms with van der Waals surface area (Å²) in [6.07, 6.45) is 0.732. The molecule has 1 saturated heterocycles. The van der Waals surface area contributed by atoms with Crippen molar-refractivity contribution in [1.29, 1.82) is 0 Å². The van der Waals surface area contributed by atoms with E-state index in [2.05, 4.69) is 59.6 Å². The number of aryl methyl sites for hydroxylation is 1. The first-order valence-electron chi connectivity index (χ1n) is 11.1. The van der Waals surface area contributed by atoms with E-state index in [9.17, 15) is 0 Å². The highest BCUT2D eigenvalue weighted by Gasteiger charge is 2.26. The Morgan fingerprint density at radius 3 is 2.69 bits per heavy atom. The maximum Gasteiger partial charge on any atom is 0.231 e. The van der Waals surface area contributed by atoms with E-state index >= 15 is 0 Å². The molecular weight excluding hydrogens is 402 g/mol. The smallest absolute Gasteiger partial charge is 0.231 e. The highest BCUT2D eigenvalue weighted by Crippen LogP contribution is 2.41. The Labute approximate surface area is 187 Å². The maximum absolute atomic E-state index is 6.56. The molecule has 0 aliphatic carbocycles. The third kappa shape index (κ3) is 3.46. The summed E-state index contributed by atoms with van der Waals surface area (Å²) in [5.74, 6) is 4.26. The molecule has 162 valence electrons. The molecule has 1 fully saturated rings. The second kappa shape index (κ2) is 7.88. The Bertz CT molecular complexity index is 1210. The molecule has 3 aliphatic rings. The summed E-state index contributed by atoms with van der Waals surface area (Å²) in [7, 11) is 0. The Morgan fingerprint density at radius 1 is 0.938 bits per heavy atom. The number of rotatable bonds is 2. The van der Waals surface area contributed by atoms with E-state index in [1.807, 2.05) is 12.1 Å². The number of amidine groups is 1. The zero-order chi connectivity index (χ0) is 21.5. The maximum atomic E-state index is 6.56. The molecule has 0 unspecified atom stereocenters. The van der Waals surface area contributed by atoms with Crippen LogP contribution in [0.25, 0.3) is 0 Å². The number of nitrogens with one attached hydrogen (secondary N) is 1. The van der Waals surface area contributed by atoms with Crippen molar-refractivity contribution in [3.05, 3.63) is 76.9 Å². The molecule has 3 aromatic rings. The molecule has 0 spiro atoms. The van der Waals surface area contributed by atoms with Crippen LogP contribution in [0.5, 0.6) is 23.0 Å². The summed E-state index contributed by atoms with van der Waals surface area (Å²) in [6.45, 7) is 6.11. The SMILES string of the molecule is Cc1ccc2c(c1)N=C(N1CCNCC1)c1cccc(Cc3ccc4c(c3)OCO4)c1O2.